The molecule has 1 heterocycles. The maximum atomic E-state index is 9.06. The molecule has 0 spiro atoms. The molecule has 0 saturated heterocycles. The zero-order valence-corrected chi connectivity index (χ0v) is 11.8. The molecule has 1 aromatic carbocycles. The molecular weight excluding hydrogens is 292 g/mol. The van der Waals surface area contributed by atoms with Crippen LogP contribution in [0.15, 0.2) is 35.1 Å². The lowest BCUT2D eigenvalue weighted by Crippen LogP contribution is -2.15. The van der Waals surface area contributed by atoms with Crippen molar-refractivity contribution in [3.8, 4) is 11.8 Å². The maximum Gasteiger partial charge on any atom is 0.217 e. The van der Waals surface area contributed by atoms with Gasteiger partial charge in [-0.2, -0.15) is 5.26 Å². The van der Waals surface area contributed by atoms with Crippen LogP contribution in [0.1, 0.15) is 24.4 Å². The van der Waals surface area contributed by atoms with Crippen molar-refractivity contribution >= 4 is 15.9 Å². The first-order valence-electron chi connectivity index (χ1n) is 5.58. The summed E-state index contributed by atoms with van der Waals surface area (Å²) >= 11 is 3.46. The van der Waals surface area contributed by atoms with Gasteiger partial charge in [0.15, 0.2) is 0 Å². The summed E-state index contributed by atoms with van der Waals surface area (Å²) < 4.78 is 2.77. The van der Waals surface area contributed by atoms with Crippen LogP contribution >= 0.6 is 15.9 Å². The van der Waals surface area contributed by atoms with Crippen molar-refractivity contribution in [2.75, 3.05) is 7.05 Å². The average Bonchev–Trinajstić information content (AvgIpc) is 2.85. The molecule has 0 aliphatic rings. The second-order valence-corrected chi connectivity index (χ2v) is 4.86. The van der Waals surface area contributed by atoms with Crippen LogP contribution in [0.3, 0.4) is 0 Å². The van der Waals surface area contributed by atoms with E-state index < -0.39 is 0 Å². The maximum absolute atomic E-state index is 9.06. The molecule has 2 aromatic rings. The van der Waals surface area contributed by atoms with Gasteiger partial charge in [-0.1, -0.05) is 22.0 Å². The van der Waals surface area contributed by atoms with Crippen LogP contribution in [0.25, 0.3) is 5.69 Å². The van der Waals surface area contributed by atoms with E-state index in [0.29, 0.717) is 5.82 Å². The molecule has 0 bridgehead atoms. The van der Waals surface area contributed by atoms with Crippen LogP contribution in [0.2, 0.25) is 0 Å². The van der Waals surface area contributed by atoms with E-state index in [4.69, 9.17) is 5.26 Å². The lowest BCUT2D eigenvalue weighted by molar-refractivity contribution is 0.647. The van der Waals surface area contributed by atoms with Gasteiger partial charge in [0.25, 0.3) is 0 Å². The van der Waals surface area contributed by atoms with Gasteiger partial charge >= 0.3 is 0 Å². The van der Waals surface area contributed by atoms with Gasteiger partial charge in [0.1, 0.15) is 6.07 Å². The number of aromatic nitrogens is 2. The number of nitrogens with zero attached hydrogens (tertiary/aromatic N) is 3. The number of rotatable bonds is 3. The van der Waals surface area contributed by atoms with Crippen molar-refractivity contribution < 1.29 is 0 Å². The molecule has 1 aromatic heterocycles. The fraction of sp³-hybridized carbons (Fsp3) is 0.231. The highest BCUT2D eigenvalue weighted by Crippen LogP contribution is 2.26. The Hall–Kier alpha value is -1.64. The predicted octanol–water partition coefficient (Wildman–Crippen LogP) is 2.79. The molecule has 0 amide bonds. The first-order chi connectivity index (χ1) is 8.67. The molecule has 1 atom stereocenters. The first-order valence-corrected chi connectivity index (χ1v) is 6.37. The minimum atomic E-state index is 0.196. The summed E-state index contributed by atoms with van der Waals surface area (Å²) in [6, 6.07) is 8.32. The highest BCUT2D eigenvalue weighted by molar-refractivity contribution is 9.10. The molecule has 2 rings (SSSR count). The summed E-state index contributed by atoms with van der Waals surface area (Å²) in [4.78, 5) is 4.03. The van der Waals surface area contributed by atoms with E-state index in [1.54, 1.807) is 17.0 Å². The summed E-state index contributed by atoms with van der Waals surface area (Å²) in [5.74, 6) is 0.387. The first kappa shape index (κ1) is 12.8. The minimum Gasteiger partial charge on any atom is -0.313 e. The van der Waals surface area contributed by atoms with Crippen molar-refractivity contribution in [3.05, 3.63) is 46.5 Å². The molecule has 0 saturated carbocycles. The molecule has 0 fully saturated rings. The van der Waals surface area contributed by atoms with Gasteiger partial charge in [0.2, 0.25) is 5.82 Å². The van der Waals surface area contributed by atoms with Crippen molar-refractivity contribution in [3.63, 3.8) is 0 Å². The van der Waals surface area contributed by atoms with Crippen LogP contribution < -0.4 is 5.32 Å². The van der Waals surface area contributed by atoms with Crippen LogP contribution in [0.4, 0.5) is 0 Å². The molecule has 1 N–H and O–H groups in total. The Morgan fingerprint density at radius 2 is 2.28 bits per heavy atom. The predicted molar refractivity (Wildman–Crippen MR) is 73.5 cm³/mol. The summed E-state index contributed by atoms with van der Waals surface area (Å²) in [6.45, 7) is 2.08. The van der Waals surface area contributed by atoms with Gasteiger partial charge in [-0.15, -0.1) is 0 Å². The van der Waals surface area contributed by atoms with E-state index in [9.17, 15) is 0 Å². The highest BCUT2D eigenvalue weighted by Gasteiger charge is 2.13. The van der Waals surface area contributed by atoms with E-state index >= 15 is 0 Å². The summed E-state index contributed by atoms with van der Waals surface area (Å²) in [5, 5.41) is 12.3. The topological polar surface area (TPSA) is 53.6 Å². The molecular formula is C13H13BrN4. The second-order valence-electron chi connectivity index (χ2n) is 3.95. The standard InChI is InChI=1S/C13H13BrN4/c1-9(16-2)11-4-3-10(14)7-12(11)18-6-5-17-13(18)8-15/h3-7,9,16H,1-2H3. The average molecular weight is 305 g/mol. The second kappa shape index (κ2) is 5.34. The van der Waals surface area contributed by atoms with Gasteiger partial charge in [0, 0.05) is 22.9 Å². The third-order valence-electron chi connectivity index (χ3n) is 2.89. The minimum absolute atomic E-state index is 0.196. The van der Waals surface area contributed by atoms with Crippen molar-refractivity contribution in [2.24, 2.45) is 0 Å². The zero-order chi connectivity index (χ0) is 13.1. The molecule has 1 unspecified atom stereocenters. The Morgan fingerprint density at radius 1 is 1.50 bits per heavy atom. The summed E-state index contributed by atoms with van der Waals surface area (Å²) in [7, 11) is 1.91. The molecule has 5 heteroatoms. The smallest absolute Gasteiger partial charge is 0.217 e. The number of nitrogens with one attached hydrogen (secondary N) is 1. The Bertz CT molecular complexity index is 597. The van der Waals surface area contributed by atoms with Crippen molar-refractivity contribution in [2.45, 2.75) is 13.0 Å². The SMILES string of the molecule is CNC(C)c1ccc(Br)cc1-n1ccnc1C#N. The van der Waals surface area contributed by atoms with Gasteiger partial charge < -0.3 is 5.32 Å². The normalized spacial score (nSPS) is 12.1. The zero-order valence-electron chi connectivity index (χ0n) is 10.2. The number of nitriles is 1. The summed E-state index contributed by atoms with van der Waals surface area (Å²) in [5.41, 5.74) is 2.08. The Kier molecular flexibility index (Phi) is 3.80. The Morgan fingerprint density at radius 3 is 2.94 bits per heavy atom. The Balaban J connectivity index is 2.62. The molecule has 0 aliphatic heterocycles. The van der Waals surface area contributed by atoms with Crippen molar-refractivity contribution in [1.29, 1.82) is 5.26 Å². The van der Waals surface area contributed by atoms with Gasteiger partial charge in [-0.3, -0.25) is 4.57 Å². The van der Waals surface area contributed by atoms with E-state index in [1.165, 1.54) is 0 Å². The van der Waals surface area contributed by atoms with Crippen LogP contribution in [-0.2, 0) is 0 Å². The van der Waals surface area contributed by atoms with Crippen LogP contribution in [-0.4, -0.2) is 16.6 Å². The third-order valence-corrected chi connectivity index (χ3v) is 3.39. The fourth-order valence-electron chi connectivity index (χ4n) is 1.83. The van der Waals surface area contributed by atoms with E-state index in [-0.39, 0.29) is 6.04 Å². The quantitative estimate of drug-likeness (QED) is 0.948. The van der Waals surface area contributed by atoms with E-state index in [2.05, 4.69) is 39.2 Å². The monoisotopic (exact) mass is 304 g/mol. The molecule has 18 heavy (non-hydrogen) atoms. The number of halogens is 1. The number of hydrogen-bond donors (Lipinski definition) is 1. The third kappa shape index (κ3) is 2.30. The summed E-state index contributed by atoms with van der Waals surface area (Å²) in [6.07, 6.45) is 3.43. The number of imidazole rings is 1. The lowest BCUT2D eigenvalue weighted by atomic mass is 10.1. The van der Waals surface area contributed by atoms with Crippen molar-refractivity contribution in [1.82, 2.24) is 14.9 Å². The fourth-order valence-corrected chi connectivity index (χ4v) is 2.18. The Labute approximate surface area is 114 Å². The van der Waals surface area contributed by atoms with Gasteiger partial charge in [0.05, 0.1) is 5.69 Å². The van der Waals surface area contributed by atoms with Crippen LogP contribution in [0, 0.1) is 11.3 Å². The number of hydrogen-bond acceptors (Lipinski definition) is 3. The molecule has 0 radical (unpaired) electrons. The lowest BCUT2D eigenvalue weighted by Gasteiger charge is -2.17. The highest BCUT2D eigenvalue weighted by atomic mass is 79.9. The molecule has 4 nitrogen and oxygen atoms in total. The molecule has 92 valence electrons. The van der Waals surface area contributed by atoms with Gasteiger partial charge in [-0.05, 0) is 31.7 Å². The van der Waals surface area contributed by atoms with Crippen LogP contribution in [0.5, 0.6) is 0 Å². The number of benzene rings is 1. The van der Waals surface area contributed by atoms with E-state index in [1.807, 2.05) is 25.2 Å². The van der Waals surface area contributed by atoms with E-state index in [0.717, 1.165) is 15.7 Å². The largest absolute Gasteiger partial charge is 0.313 e. The van der Waals surface area contributed by atoms with Gasteiger partial charge in [-0.25, -0.2) is 4.98 Å². The molecule has 0 aliphatic carbocycles.